The summed E-state index contributed by atoms with van der Waals surface area (Å²) in [6.07, 6.45) is 7.60. The fraction of sp³-hybridized carbons (Fsp3) is 0.714. The molecule has 0 spiro atoms. The number of amides is 1. The lowest BCUT2D eigenvalue weighted by atomic mass is 9.78. The summed E-state index contributed by atoms with van der Waals surface area (Å²) in [5.74, 6) is 0.909. The fourth-order valence-corrected chi connectivity index (χ4v) is 4.07. The number of hydrogen-bond acceptors (Lipinski definition) is 3. The van der Waals surface area contributed by atoms with E-state index >= 15 is 0 Å². The Bertz CT molecular complexity index is 441. The highest BCUT2D eigenvalue weighted by Crippen LogP contribution is 2.35. The van der Waals surface area contributed by atoms with Crippen molar-refractivity contribution in [2.24, 2.45) is 5.92 Å². The van der Waals surface area contributed by atoms with Crippen molar-refractivity contribution >= 4 is 17.2 Å². The fourth-order valence-electron chi connectivity index (χ4n) is 3.49. The Balaban J connectivity index is 1.79. The van der Waals surface area contributed by atoms with Gasteiger partial charge >= 0.3 is 0 Å². The van der Waals surface area contributed by atoms with Gasteiger partial charge in [0.2, 0.25) is 0 Å². The Kier molecular flexibility index (Phi) is 3.37. The van der Waals surface area contributed by atoms with Gasteiger partial charge in [-0.15, -0.1) is 11.3 Å². The number of carbonyl (C=O) groups excluding carboxylic acids is 1. The minimum atomic E-state index is 0.163. The molecule has 2 fully saturated rings. The second-order valence-electron chi connectivity index (χ2n) is 5.50. The van der Waals surface area contributed by atoms with E-state index in [4.69, 9.17) is 0 Å². The number of rotatable bonds is 1. The molecule has 1 saturated carbocycles. The van der Waals surface area contributed by atoms with E-state index in [-0.39, 0.29) is 5.91 Å². The zero-order valence-corrected chi connectivity index (χ0v) is 11.7. The third kappa shape index (κ3) is 2.18. The first kappa shape index (κ1) is 12.2. The standard InChI is InChI=1S/C14H20N2OS/c1-10-15-12(9-18-10)14(17)16-8-4-6-11-5-2-3-7-13(11)16/h9,11,13H,2-8H2,1H3. The normalized spacial score (nSPS) is 27.9. The molecule has 4 heteroatoms. The van der Waals surface area contributed by atoms with E-state index in [0.717, 1.165) is 23.9 Å². The third-order valence-electron chi connectivity index (χ3n) is 4.34. The monoisotopic (exact) mass is 264 g/mol. The van der Waals surface area contributed by atoms with Gasteiger partial charge in [-0.05, 0) is 38.5 Å². The van der Waals surface area contributed by atoms with Crippen LogP contribution in [0.3, 0.4) is 0 Å². The van der Waals surface area contributed by atoms with E-state index in [2.05, 4.69) is 9.88 Å². The van der Waals surface area contributed by atoms with Crippen molar-refractivity contribution < 1.29 is 4.79 Å². The van der Waals surface area contributed by atoms with E-state index in [0.29, 0.717) is 11.7 Å². The summed E-state index contributed by atoms with van der Waals surface area (Å²) in [6, 6.07) is 0.488. The van der Waals surface area contributed by atoms with Crippen LogP contribution in [0.5, 0.6) is 0 Å². The van der Waals surface area contributed by atoms with Gasteiger partial charge in [0.05, 0.1) is 5.01 Å². The van der Waals surface area contributed by atoms with E-state index in [9.17, 15) is 4.79 Å². The molecule has 3 nitrogen and oxygen atoms in total. The van der Waals surface area contributed by atoms with E-state index < -0.39 is 0 Å². The maximum atomic E-state index is 12.5. The summed E-state index contributed by atoms with van der Waals surface area (Å²) in [4.78, 5) is 19.0. The molecular weight excluding hydrogens is 244 g/mol. The average Bonchev–Trinajstić information content (AvgIpc) is 2.84. The Morgan fingerprint density at radius 2 is 2.11 bits per heavy atom. The molecular formula is C14H20N2OS. The predicted molar refractivity (Wildman–Crippen MR) is 72.9 cm³/mol. The molecule has 0 radical (unpaired) electrons. The van der Waals surface area contributed by atoms with E-state index in [1.165, 1.54) is 32.1 Å². The Morgan fingerprint density at radius 1 is 1.33 bits per heavy atom. The Labute approximate surface area is 112 Å². The van der Waals surface area contributed by atoms with Crippen molar-refractivity contribution in [2.75, 3.05) is 6.54 Å². The maximum absolute atomic E-state index is 12.5. The molecule has 1 aromatic rings. The summed E-state index contributed by atoms with van der Waals surface area (Å²) < 4.78 is 0. The minimum Gasteiger partial charge on any atom is -0.334 e. The van der Waals surface area contributed by atoms with E-state index in [1.54, 1.807) is 11.3 Å². The van der Waals surface area contributed by atoms with Gasteiger partial charge in [0.25, 0.3) is 5.91 Å². The second kappa shape index (κ2) is 5.00. The second-order valence-corrected chi connectivity index (χ2v) is 6.57. The molecule has 2 heterocycles. The Hall–Kier alpha value is -0.900. The largest absolute Gasteiger partial charge is 0.334 e. The molecule has 98 valence electrons. The quantitative estimate of drug-likeness (QED) is 0.780. The van der Waals surface area contributed by atoms with Crippen LogP contribution in [-0.2, 0) is 0 Å². The van der Waals surface area contributed by atoms with Crippen LogP contribution < -0.4 is 0 Å². The molecule has 2 aliphatic rings. The van der Waals surface area contributed by atoms with Gasteiger partial charge in [-0.3, -0.25) is 4.79 Å². The first-order chi connectivity index (χ1) is 8.75. The summed E-state index contributed by atoms with van der Waals surface area (Å²) in [5.41, 5.74) is 0.656. The van der Waals surface area contributed by atoms with Crippen molar-refractivity contribution in [3.63, 3.8) is 0 Å². The zero-order chi connectivity index (χ0) is 12.5. The number of thiazole rings is 1. The van der Waals surface area contributed by atoms with Crippen molar-refractivity contribution in [3.8, 4) is 0 Å². The SMILES string of the molecule is Cc1nc(C(=O)N2CCCC3CCCCC32)cs1. The number of hydrogen-bond donors (Lipinski definition) is 0. The van der Waals surface area contributed by atoms with Crippen molar-refractivity contribution in [1.82, 2.24) is 9.88 Å². The molecule has 18 heavy (non-hydrogen) atoms. The highest BCUT2D eigenvalue weighted by atomic mass is 32.1. The molecule has 3 rings (SSSR count). The molecule has 1 aliphatic heterocycles. The smallest absolute Gasteiger partial charge is 0.273 e. The average molecular weight is 264 g/mol. The van der Waals surface area contributed by atoms with Crippen LogP contribution in [0.25, 0.3) is 0 Å². The first-order valence-electron chi connectivity index (χ1n) is 6.99. The first-order valence-corrected chi connectivity index (χ1v) is 7.87. The van der Waals surface area contributed by atoms with Crippen LogP contribution in [0.15, 0.2) is 5.38 Å². The lowest BCUT2D eigenvalue weighted by molar-refractivity contribution is 0.0386. The van der Waals surface area contributed by atoms with Crippen molar-refractivity contribution in [3.05, 3.63) is 16.1 Å². The molecule has 0 bridgehead atoms. The van der Waals surface area contributed by atoms with Crippen LogP contribution >= 0.6 is 11.3 Å². The number of likely N-dealkylation sites (tertiary alicyclic amines) is 1. The predicted octanol–water partition coefficient (Wildman–Crippen LogP) is 3.25. The van der Waals surface area contributed by atoms with Crippen LogP contribution in [0.2, 0.25) is 0 Å². The topological polar surface area (TPSA) is 33.2 Å². The van der Waals surface area contributed by atoms with Crippen molar-refractivity contribution in [2.45, 2.75) is 51.5 Å². The molecule has 1 aliphatic carbocycles. The summed E-state index contributed by atoms with van der Waals surface area (Å²) in [6.45, 7) is 2.89. The molecule has 0 N–H and O–H groups in total. The summed E-state index contributed by atoms with van der Waals surface area (Å²) >= 11 is 1.57. The van der Waals surface area contributed by atoms with Crippen LogP contribution in [0.1, 0.15) is 54.0 Å². The highest BCUT2D eigenvalue weighted by Gasteiger charge is 2.36. The van der Waals surface area contributed by atoms with Crippen LogP contribution in [0.4, 0.5) is 0 Å². The Morgan fingerprint density at radius 3 is 2.89 bits per heavy atom. The summed E-state index contributed by atoms with van der Waals surface area (Å²) in [7, 11) is 0. The molecule has 1 amide bonds. The third-order valence-corrected chi connectivity index (χ3v) is 5.12. The number of piperidine rings is 1. The molecule has 2 atom stereocenters. The van der Waals surface area contributed by atoms with Gasteiger partial charge in [-0.1, -0.05) is 12.8 Å². The number of nitrogens with zero attached hydrogens (tertiary/aromatic N) is 2. The van der Waals surface area contributed by atoms with Gasteiger partial charge in [-0.25, -0.2) is 4.98 Å². The van der Waals surface area contributed by atoms with E-state index in [1.807, 2.05) is 12.3 Å². The highest BCUT2D eigenvalue weighted by molar-refractivity contribution is 7.09. The number of carbonyl (C=O) groups is 1. The van der Waals surface area contributed by atoms with Gasteiger partial charge in [0.15, 0.2) is 0 Å². The molecule has 0 aromatic carbocycles. The molecule has 2 unspecified atom stereocenters. The molecule has 1 saturated heterocycles. The zero-order valence-electron chi connectivity index (χ0n) is 10.9. The lowest BCUT2D eigenvalue weighted by Crippen LogP contribution is -2.49. The van der Waals surface area contributed by atoms with Gasteiger partial charge in [-0.2, -0.15) is 0 Å². The number of aromatic nitrogens is 1. The van der Waals surface area contributed by atoms with Gasteiger partial charge < -0.3 is 4.90 Å². The maximum Gasteiger partial charge on any atom is 0.273 e. The van der Waals surface area contributed by atoms with Crippen molar-refractivity contribution in [1.29, 1.82) is 0 Å². The molecule has 1 aromatic heterocycles. The van der Waals surface area contributed by atoms with Crippen LogP contribution in [0, 0.1) is 12.8 Å². The van der Waals surface area contributed by atoms with Crippen LogP contribution in [-0.4, -0.2) is 28.4 Å². The minimum absolute atomic E-state index is 0.163. The summed E-state index contributed by atoms with van der Waals surface area (Å²) in [5, 5.41) is 2.89. The van der Waals surface area contributed by atoms with Gasteiger partial charge in [0, 0.05) is 18.0 Å². The lowest BCUT2D eigenvalue weighted by Gasteiger charge is -2.43. The number of aryl methyl sites for hydroxylation is 1. The number of fused-ring (bicyclic) bond motifs is 1. The van der Waals surface area contributed by atoms with Gasteiger partial charge in [0.1, 0.15) is 5.69 Å².